The minimum absolute atomic E-state index is 0.448. The van der Waals surface area contributed by atoms with Gasteiger partial charge in [0.05, 0.1) is 24.0 Å². The van der Waals surface area contributed by atoms with Crippen molar-refractivity contribution in [2.24, 2.45) is 0 Å². The smallest absolute Gasteiger partial charge is 0.119 e. The Morgan fingerprint density at radius 1 is 0.957 bits per heavy atom. The van der Waals surface area contributed by atoms with Crippen molar-refractivity contribution in [2.45, 2.75) is 32.6 Å². The maximum atomic E-state index is 8.82. The topological polar surface area (TPSA) is 56.9 Å². The van der Waals surface area contributed by atoms with Crippen LogP contribution in [0.25, 0.3) is 0 Å². The van der Waals surface area contributed by atoms with Crippen molar-refractivity contribution >= 4 is 5.71 Å². The van der Waals surface area contributed by atoms with Crippen LogP contribution in [0.4, 0.5) is 0 Å². The lowest BCUT2D eigenvalue weighted by molar-refractivity contribution is 0.305. The quantitative estimate of drug-likeness (QED) is 0.555. The van der Waals surface area contributed by atoms with Crippen molar-refractivity contribution < 1.29 is 4.74 Å². The summed E-state index contributed by atoms with van der Waals surface area (Å²) >= 11 is 0. The van der Waals surface area contributed by atoms with Gasteiger partial charge in [0.15, 0.2) is 0 Å². The Hall–Kier alpha value is -2.60. The van der Waals surface area contributed by atoms with Crippen LogP contribution in [0.15, 0.2) is 48.5 Å². The van der Waals surface area contributed by atoms with Gasteiger partial charge in [0.2, 0.25) is 0 Å². The number of nitrogens with one attached hydrogen (secondary N) is 1. The van der Waals surface area contributed by atoms with Crippen molar-refractivity contribution in [3.05, 3.63) is 65.2 Å². The minimum atomic E-state index is 0.448. The van der Waals surface area contributed by atoms with Gasteiger partial charge in [0.1, 0.15) is 5.75 Å². The molecule has 2 rings (SSSR count). The van der Waals surface area contributed by atoms with Crippen LogP contribution in [0.1, 0.15) is 49.3 Å². The van der Waals surface area contributed by atoms with E-state index in [1.807, 2.05) is 24.3 Å². The van der Waals surface area contributed by atoms with Crippen molar-refractivity contribution in [2.75, 3.05) is 6.61 Å². The number of hydrogen-bond acceptors (Lipinski definition) is 3. The van der Waals surface area contributed by atoms with Crippen LogP contribution >= 0.6 is 0 Å². The summed E-state index contributed by atoms with van der Waals surface area (Å²) in [7, 11) is 0. The lowest BCUT2D eigenvalue weighted by Crippen LogP contribution is -2.02. The second kappa shape index (κ2) is 8.75. The van der Waals surface area contributed by atoms with E-state index < -0.39 is 0 Å². The first-order chi connectivity index (χ1) is 11.2. The molecule has 0 aliphatic carbocycles. The third-order valence-corrected chi connectivity index (χ3v) is 3.71. The summed E-state index contributed by atoms with van der Waals surface area (Å²) in [4.78, 5) is 0. The van der Waals surface area contributed by atoms with E-state index in [1.54, 1.807) is 24.3 Å². The molecule has 0 aromatic heterocycles. The first-order valence-corrected chi connectivity index (χ1v) is 8.07. The number of rotatable bonds is 8. The lowest BCUT2D eigenvalue weighted by atomic mass is 10.0. The Morgan fingerprint density at radius 3 is 2.13 bits per heavy atom. The summed E-state index contributed by atoms with van der Waals surface area (Å²) in [5.74, 6) is 0.845. The van der Waals surface area contributed by atoms with Gasteiger partial charge in [0.25, 0.3) is 0 Å². The number of unbranched alkanes of at least 4 members (excludes halogenated alkanes) is 3. The molecule has 23 heavy (non-hydrogen) atoms. The molecule has 3 nitrogen and oxygen atoms in total. The van der Waals surface area contributed by atoms with Crippen LogP contribution in [0.3, 0.4) is 0 Å². The number of ether oxygens (including phenoxy) is 1. The van der Waals surface area contributed by atoms with Gasteiger partial charge in [-0.05, 0) is 42.8 Å². The van der Waals surface area contributed by atoms with Crippen LogP contribution in [0, 0.1) is 16.7 Å². The highest BCUT2D eigenvalue weighted by atomic mass is 16.5. The predicted octanol–water partition coefficient (Wildman–Crippen LogP) is 4.93. The molecular formula is C20H22N2O. The van der Waals surface area contributed by atoms with Gasteiger partial charge < -0.3 is 4.74 Å². The van der Waals surface area contributed by atoms with Gasteiger partial charge in [-0.1, -0.05) is 38.3 Å². The Kier molecular flexibility index (Phi) is 6.38. The molecule has 118 valence electrons. The van der Waals surface area contributed by atoms with E-state index in [2.05, 4.69) is 13.0 Å². The van der Waals surface area contributed by atoms with Crippen molar-refractivity contribution in [3.63, 3.8) is 0 Å². The van der Waals surface area contributed by atoms with Crippen LogP contribution < -0.4 is 4.74 Å². The molecule has 0 aliphatic rings. The highest BCUT2D eigenvalue weighted by Crippen LogP contribution is 2.16. The standard InChI is InChI=1S/C20H22N2O/c1-2-3-4-5-14-23-19-12-10-18(11-13-19)20(22)17-8-6-16(15-21)7-9-17/h6-13,22H,2-5,14H2,1H3. The molecule has 0 spiro atoms. The fraction of sp³-hybridized carbons (Fsp3) is 0.300. The number of benzene rings is 2. The van der Waals surface area contributed by atoms with E-state index in [1.165, 1.54) is 19.3 Å². The van der Waals surface area contributed by atoms with Crippen LogP contribution in [0.5, 0.6) is 5.75 Å². The Bertz CT molecular complexity index is 666. The monoisotopic (exact) mass is 306 g/mol. The summed E-state index contributed by atoms with van der Waals surface area (Å²) in [5, 5.41) is 17.1. The average Bonchev–Trinajstić information content (AvgIpc) is 2.61. The van der Waals surface area contributed by atoms with Gasteiger partial charge in [0, 0.05) is 11.1 Å². The fourth-order valence-corrected chi connectivity index (χ4v) is 2.31. The van der Waals surface area contributed by atoms with Crippen molar-refractivity contribution in [1.82, 2.24) is 0 Å². The first kappa shape index (κ1) is 16.8. The number of nitrogens with zero attached hydrogens (tertiary/aromatic N) is 1. The first-order valence-electron chi connectivity index (χ1n) is 8.07. The average molecular weight is 306 g/mol. The van der Waals surface area contributed by atoms with Gasteiger partial charge in [-0.25, -0.2) is 0 Å². The van der Waals surface area contributed by atoms with Gasteiger partial charge in [-0.15, -0.1) is 0 Å². The molecule has 0 heterocycles. The molecule has 0 saturated carbocycles. The second-order valence-corrected chi connectivity index (χ2v) is 5.50. The summed E-state index contributed by atoms with van der Waals surface area (Å²) < 4.78 is 5.72. The zero-order valence-corrected chi connectivity index (χ0v) is 13.5. The van der Waals surface area contributed by atoms with Crippen molar-refractivity contribution in [3.8, 4) is 11.8 Å². The lowest BCUT2D eigenvalue weighted by Gasteiger charge is -2.08. The van der Waals surface area contributed by atoms with Gasteiger partial charge >= 0.3 is 0 Å². The van der Waals surface area contributed by atoms with Crippen LogP contribution in [-0.4, -0.2) is 12.3 Å². The number of nitriles is 1. The van der Waals surface area contributed by atoms with E-state index in [0.717, 1.165) is 29.9 Å². The molecule has 1 N–H and O–H groups in total. The van der Waals surface area contributed by atoms with Gasteiger partial charge in [-0.2, -0.15) is 5.26 Å². The molecule has 0 radical (unpaired) electrons. The van der Waals surface area contributed by atoms with Crippen LogP contribution in [-0.2, 0) is 0 Å². The van der Waals surface area contributed by atoms with Gasteiger partial charge in [-0.3, -0.25) is 5.41 Å². The Balaban J connectivity index is 1.93. The summed E-state index contributed by atoms with van der Waals surface area (Å²) in [6, 6.07) is 16.8. The Labute approximate surface area is 138 Å². The molecule has 2 aromatic rings. The maximum absolute atomic E-state index is 8.82. The fourth-order valence-electron chi connectivity index (χ4n) is 2.31. The van der Waals surface area contributed by atoms with Crippen molar-refractivity contribution in [1.29, 1.82) is 10.7 Å². The van der Waals surface area contributed by atoms with E-state index in [4.69, 9.17) is 15.4 Å². The predicted molar refractivity (Wildman–Crippen MR) is 93.2 cm³/mol. The normalized spacial score (nSPS) is 10.1. The highest BCUT2D eigenvalue weighted by molar-refractivity contribution is 6.10. The maximum Gasteiger partial charge on any atom is 0.119 e. The van der Waals surface area contributed by atoms with E-state index in [-0.39, 0.29) is 0 Å². The minimum Gasteiger partial charge on any atom is -0.494 e. The molecule has 0 unspecified atom stereocenters. The molecule has 0 saturated heterocycles. The molecule has 3 heteroatoms. The molecule has 0 aliphatic heterocycles. The molecule has 0 fully saturated rings. The molecule has 2 aromatic carbocycles. The summed E-state index contributed by atoms with van der Waals surface area (Å²) in [6.07, 6.45) is 4.77. The largest absolute Gasteiger partial charge is 0.494 e. The summed E-state index contributed by atoms with van der Waals surface area (Å²) in [6.45, 7) is 2.94. The molecular weight excluding hydrogens is 284 g/mol. The number of hydrogen-bond donors (Lipinski definition) is 1. The van der Waals surface area contributed by atoms with Crippen LogP contribution in [0.2, 0.25) is 0 Å². The Morgan fingerprint density at radius 2 is 1.57 bits per heavy atom. The zero-order valence-electron chi connectivity index (χ0n) is 13.5. The zero-order chi connectivity index (χ0) is 16.5. The van der Waals surface area contributed by atoms with E-state index in [9.17, 15) is 0 Å². The second-order valence-electron chi connectivity index (χ2n) is 5.50. The molecule has 0 amide bonds. The molecule has 0 bridgehead atoms. The van der Waals surface area contributed by atoms with E-state index >= 15 is 0 Å². The highest BCUT2D eigenvalue weighted by Gasteiger charge is 2.05. The molecule has 0 atom stereocenters. The third-order valence-electron chi connectivity index (χ3n) is 3.71. The summed E-state index contributed by atoms with van der Waals surface area (Å²) in [5.41, 5.74) is 2.70. The third kappa shape index (κ3) is 4.96. The SMILES string of the molecule is CCCCCCOc1ccc(C(=N)c2ccc(C#N)cc2)cc1. The van der Waals surface area contributed by atoms with E-state index in [0.29, 0.717) is 11.3 Å².